The van der Waals surface area contributed by atoms with Crippen molar-refractivity contribution in [2.24, 2.45) is 7.05 Å². The Morgan fingerprint density at radius 2 is 1.88 bits per heavy atom. The van der Waals surface area contributed by atoms with E-state index in [1.54, 1.807) is 61.2 Å². The molecule has 0 radical (unpaired) electrons. The number of carbonyl (C=O) groups excluding carboxylic acids is 1. The van der Waals surface area contributed by atoms with Gasteiger partial charge in [0.2, 0.25) is 0 Å². The third kappa shape index (κ3) is 4.45. The van der Waals surface area contributed by atoms with Crippen LogP contribution >= 0.6 is 11.8 Å². The van der Waals surface area contributed by atoms with Gasteiger partial charge in [-0.25, -0.2) is 4.98 Å². The summed E-state index contributed by atoms with van der Waals surface area (Å²) >= 11 is 1.46. The van der Waals surface area contributed by atoms with Crippen LogP contribution in [0.25, 0.3) is 10.9 Å². The lowest BCUT2D eigenvalue weighted by atomic mass is 10.1. The average Bonchev–Trinajstić information content (AvgIpc) is 2.82. The Morgan fingerprint density at radius 1 is 1.12 bits per heavy atom. The smallest absolute Gasteiger partial charge is 0.261 e. The van der Waals surface area contributed by atoms with Crippen molar-refractivity contribution in [2.75, 3.05) is 18.2 Å². The number of para-hydroxylation sites is 2. The average molecular weight is 447 g/mol. The summed E-state index contributed by atoms with van der Waals surface area (Å²) in [6, 6.07) is 19.7. The zero-order valence-electron chi connectivity index (χ0n) is 17.7. The normalized spacial score (nSPS) is 10.8. The highest BCUT2D eigenvalue weighted by Gasteiger charge is 2.11. The fourth-order valence-corrected chi connectivity index (χ4v) is 4.12. The van der Waals surface area contributed by atoms with Crippen LogP contribution in [0, 0.1) is 0 Å². The van der Waals surface area contributed by atoms with Crippen LogP contribution < -0.4 is 21.3 Å². The first-order valence-electron chi connectivity index (χ1n) is 9.88. The molecule has 3 N–H and O–H groups in total. The number of methoxy groups -OCH3 is 1. The summed E-state index contributed by atoms with van der Waals surface area (Å²) in [4.78, 5) is 29.8. The fraction of sp³-hybridized carbons (Fsp3) is 0.125. The molecule has 0 spiro atoms. The van der Waals surface area contributed by atoms with E-state index >= 15 is 0 Å². The molecule has 8 heteroatoms. The Balaban J connectivity index is 1.48. The molecule has 3 aromatic carbocycles. The number of carbonyl (C=O) groups is 1. The van der Waals surface area contributed by atoms with E-state index in [-0.39, 0.29) is 11.5 Å². The Morgan fingerprint density at radius 3 is 2.59 bits per heavy atom. The minimum absolute atomic E-state index is 0.104. The van der Waals surface area contributed by atoms with Crippen molar-refractivity contribution in [1.82, 2.24) is 9.55 Å². The molecule has 1 heterocycles. The molecule has 4 rings (SSSR count). The van der Waals surface area contributed by atoms with Crippen LogP contribution in [0.2, 0.25) is 0 Å². The molecule has 1 amide bonds. The lowest BCUT2D eigenvalue weighted by molar-refractivity contribution is 0.102. The number of aromatic nitrogens is 2. The molecule has 0 atom stereocenters. The van der Waals surface area contributed by atoms with Crippen LogP contribution in [0.4, 0.5) is 11.4 Å². The van der Waals surface area contributed by atoms with E-state index < -0.39 is 0 Å². The van der Waals surface area contributed by atoms with E-state index in [0.717, 1.165) is 5.56 Å². The topological polar surface area (TPSA) is 99.2 Å². The van der Waals surface area contributed by atoms with Gasteiger partial charge in [0.25, 0.3) is 11.5 Å². The molecule has 32 heavy (non-hydrogen) atoms. The summed E-state index contributed by atoms with van der Waals surface area (Å²) in [6.45, 7) is 0. The number of benzene rings is 3. The highest BCUT2D eigenvalue weighted by atomic mass is 32.2. The number of nitrogen functional groups attached to an aromatic ring is 1. The van der Waals surface area contributed by atoms with E-state index in [1.807, 2.05) is 24.3 Å². The number of ether oxygens (including phenoxy) is 1. The van der Waals surface area contributed by atoms with Gasteiger partial charge in [-0.1, -0.05) is 36.0 Å². The minimum atomic E-state index is -0.227. The molecular formula is C24H22N4O3S. The first-order chi connectivity index (χ1) is 15.5. The molecule has 0 saturated heterocycles. The standard InChI is InChI=1S/C24H22N4O3S/c1-28-23(30)18-12-11-17(31-2)13-21(18)27-24(28)32-14-15-7-9-16(10-8-15)22(29)26-20-6-4-3-5-19(20)25/h3-13H,14,25H2,1-2H3,(H,26,29). The number of hydrogen-bond donors (Lipinski definition) is 2. The molecule has 7 nitrogen and oxygen atoms in total. The van der Waals surface area contributed by atoms with Crippen molar-refractivity contribution in [1.29, 1.82) is 0 Å². The Kier molecular flexibility index (Phi) is 6.13. The molecular weight excluding hydrogens is 424 g/mol. The second-order valence-corrected chi connectivity index (χ2v) is 8.11. The van der Waals surface area contributed by atoms with Crippen LogP contribution in [-0.4, -0.2) is 22.6 Å². The predicted octanol–water partition coefficient (Wildman–Crippen LogP) is 4.07. The van der Waals surface area contributed by atoms with Gasteiger partial charge in [0.1, 0.15) is 5.75 Å². The highest BCUT2D eigenvalue weighted by molar-refractivity contribution is 7.98. The summed E-state index contributed by atoms with van der Waals surface area (Å²) in [5.74, 6) is 1.03. The van der Waals surface area contributed by atoms with Gasteiger partial charge in [0.15, 0.2) is 5.16 Å². The predicted molar refractivity (Wildman–Crippen MR) is 128 cm³/mol. The molecule has 0 aliphatic rings. The quantitative estimate of drug-likeness (QED) is 0.263. The summed E-state index contributed by atoms with van der Waals surface area (Å²) in [5, 5.41) is 3.97. The number of amides is 1. The van der Waals surface area contributed by atoms with Crippen molar-refractivity contribution >= 4 is 39.9 Å². The molecule has 0 unspecified atom stereocenters. The van der Waals surface area contributed by atoms with Crippen LogP contribution in [0.5, 0.6) is 5.75 Å². The van der Waals surface area contributed by atoms with Gasteiger partial charge in [0.05, 0.1) is 29.4 Å². The van der Waals surface area contributed by atoms with Gasteiger partial charge in [-0.3, -0.25) is 14.2 Å². The zero-order chi connectivity index (χ0) is 22.7. The number of nitrogens with one attached hydrogen (secondary N) is 1. The SMILES string of the molecule is COc1ccc2c(=O)n(C)c(SCc3ccc(C(=O)Nc4ccccc4N)cc3)nc2c1. The maximum Gasteiger partial charge on any atom is 0.261 e. The van der Waals surface area contributed by atoms with Crippen LogP contribution in [-0.2, 0) is 12.8 Å². The van der Waals surface area contributed by atoms with E-state index in [2.05, 4.69) is 10.3 Å². The molecule has 0 saturated carbocycles. The van der Waals surface area contributed by atoms with Crippen LogP contribution in [0.1, 0.15) is 15.9 Å². The molecule has 0 aliphatic carbocycles. The van der Waals surface area contributed by atoms with E-state index in [9.17, 15) is 9.59 Å². The van der Waals surface area contributed by atoms with Gasteiger partial charge >= 0.3 is 0 Å². The third-order valence-electron chi connectivity index (χ3n) is 5.04. The largest absolute Gasteiger partial charge is 0.497 e. The molecule has 0 aliphatic heterocycles. The lowest BCUT2D eigenvalue weighted by Gasteiger charge is -2.10. The zero-order valence-corrected chi connectivity index (χ0v) is 18.5. The Hall–Kier alpha value is -3.78. The van der Waals surface area contributed by atoms with Crippen molar-refractivity contribution in [3.63, 3.8) is 0 Å². The van der Waals surface area contributed by atoms with Gasteiger partial charge in [-0.05, 0) is 42.0 Å². The van der Waals surface area contributed by atoms with Crippen molar-refractivity contribution in [3.05, 3.63) is 88.2 Å². The second-order valence-electron chi connectivity index (χ2n) is 7.17. The lowest BCUT2D eigenvalue weighted by Crippen LogP contribution is -2.20. The first kappa shape index (κ1) is 21.5. The summed E-state index contributed by atoms with van der Waals surface area (Å²) < 4.78 is 6.79. The summed E-state index contributed by atoms with van der Waals surface area (Å²) in [6.07, 6.45) is 0. The molecule has 0 bridgehead atoms. The van der Waals surface area contributed by atoms with Crippen LogP contribution in [0.3, 0.4) is 0 Å². The number of fused-ring (bicyclic) bond motifs is 1. The number of hydrogen-bond acceptors (Lipinski definition) is 6. The van der Waals surface area contributed by atoms with Crippen LogP contribution in [0.15, 0.2) is 76.7 Å². The number of anilines is 2. The maximum atomic E-state index is 12.7. The van der Waals surface area contributed by atoms with Gasteiger partial charge in [-0.2, -0.15) is 0 Å². The number of nitrogens with zero attached hydrogens (tertiary/aromatic N) is 2. The molecule has 162 valence electrons. The summed E-state index contributed by atoms with van der Waals surface area (Å²) in [7, 11) is 3.29. The second kappa shape index (κ2) is 9.15. The van der Waals surface area contributed by atoms with Gasteiger partial charge < -0.3 is 15.8 Å². The van der Waals surface area contributed by atoms with Crippen molar-refractivity contribution in [3.8, 4) is 5.75 Å². The maximum absolute atomic E-state index is 12.7. The first-order valence-corrected chi connectivity index (χ1v) is 10.9. The van der Waals surface area contributed by atoms with E-state index in [4.69, 9.17) is 10.5 Å². The number of nitrogens with two attached hydrogens (primary N) is 1. The Labute approximate surface area is 189 Å². The van der Waals surface area contributed by atoms with Crippen molar-refractivity contribution < 1.29 is 9.53 Å². The molecule has 1 aromatic heterocycles. The molecule has 0 fully saturated rings. The van der Waals surface area contributed by atoms with Gasteiger partial charge in [-0.15, -0.1) is 0 Å². The highest BCUT2D eigenvalue weighted by Crippen LogP contribution is 2.24. The van der Waals surface area contributed by atoms with Crippen molar-refractivity contribution in [2.45, 2.75) is 10.9 Å². The van der Waals surface area contributed by atoms with E-state index in [1.165, 1.54) is 11.8 Å². The number of rotatable bonds is 6. The van der Waals surface area contributed by atoms with E-state index in [0.29, 0.717) is 44.5 Å². The third-order valence-corrected chi connectivity index (χ3v) is 6.14. The summed E-state index contributed by atoms with van der Waals surface area (Å²) in [5.41, 5.74) is 9.01. The van der Waals surface area contributed by atoms with Gasteiger partial charge in [0, 0.05) is 24.4 Å². The molecule has 4 aromatic rings. The monoisotopic (exact) mass is 446 g/mol. The Bertz CT molecular complexity index is 1350. The number of thioether (sulfide) groups is 1. The minimum Gasteiger partial charge on any atom is -0.497 e. The fourth-order valence-electron chi connectivity index (χ4n) is 3.19.